The lowest BCUT2D eigenvalue weighted by atomic mass is 10.1. The first-order valence-corrected chi connectivity index (χ1v) is 8.17. The van der Waals surface area contributed by atoms with Crippen LogP contribution in [0.4, 0.5) is 11.4 Å². The Balaban J connectivity index is 1.55. The monoisotopic (exact) mass is 336 g/mol. The van der Waals surface area contributed by atoms with Crippen molar-refractivity contribution in [2.24, 2.45) is 0 Å². The lowest BCUT2D eigenvalue weighted by Gasteiger charge is -2.36. The van der Waals surface area contributed by atoms with Gasteiger partial charge in [-0.25, -0.2) is 0 Å². The van der Waals surface area contributed by atoms with Crippen molar-refractivity contribution in [2.75, 3.05) is 43.4 Å². The molecule has 0 unspecified atom stereocenters. The van der Waals surface area contributed by atoms with Crippen molar-refractivity contribution in [3.8, 4) is 11.8 Å². The van der Waals surface area contributed by atoms with Crippen LogP contribution >= 0.6 is 0 Å². The Labute approximate surface area is 147 Å². The second-order valence-electron chi connectivity index (χ2n) is 5.86. The summed E-state index contributed by atoms with van der Waals surface area (Å²) in [5, 5.41) is 9.28. The zero-order valence-electron chi connectivity index (χ0n) is 13.9. The number of nitrogen functional groups attached to an aromatic ring is 1. The number of para-hydroxylation sites is 1. The number of anilines is 2. The van der Waals surface area contributed by atoms with Gasteiger partial charge in [0.25, 0.3) is 5.91 Å². The van der Waals surface area contributed by atoms with Crippen molar-refractivity contribution in [2.45, 2.75) is 0 Å². The van der Waals surface area contributed by atoms with E-state index < -0.39 is 0 Å². The Kier molecular flexibility index (Phi) is 5.05. The number of piperazine rings is 1. The number of carbonyl (C=O) groups is 1. The van der Waals surface area contributed by atoms with Crippen LogP contribution in [0.1, 0.15) is 5.56 Å². The molecule has 1 heterocycles. The highest BCUT2D eigenvalue weighted by atomic mass is 16.5. The number of hydrogen-bond donors (Lipinski definition) is 1. The van der Waals surface area contributed by atoms with Crippen LogP contribution in [-0.2, 0) is 4.79 Å². The Hall–Kier alpha value is -3.20. The molecule has 1 aliphatic heterocycles. The fraction of sp³-hybridized carbons (Fsp3) is 0.263. The summed E-state index contributed by atoms with van der Waals surface area (Å²) in [6.45, 7) is 2.60. The third-order valence-corrected chi connectivity index (χ3v) is 4.22. The van der Waals surface area contributed by atoms with Gasteiger partial charge in [0, 0.05) is 31.9 Å². The molecule has 0 saturated carbocycles. The molecule has 6 nitrogen and oxygen atoms in total. The third kappa shape index (κ3) is 4.01. The number of benzene rings is 2. The second-order valence-corrected chi connectivity index (χ2v) is 5.86. The van der Waals surface area contributed by atoms with Crippen LogP contribution in [0, 0.1) is 11.3 Å². The van der Waals surface area contributed by atoms with Crippen molar-refractivity contribution >= 4 is 17.3 Å². The molecular formula is C19H20N4O2. The van der Waals surface area contributed by atoms with Gasteiger partial charge in [0.05, 0.1) is 11.3 Å². The quantitative estimate of drug-likeness (QED) is 0.862. The minimum Gasteiger partial charge on any atom is -0.484 e. The van der Waals surface area contributed by atoms with Crippen LogP contribution in [0.15, 0.2) is 48.5 Å². The summed E-state index contributed by atoms with van der Waals surface area (Å²) in [5.41, 5.74) is 7.74. The van der Waals surface area contributed by atoms with E-state index in [1.165, 1.54) is 0 Å². The molecule has 2 N–H and O–H groups in total. The number of nitrogens with zero attached hydrogens (tertiary/aromatic N) is 3. The highest BCUT2D eigenvalue weighted by molar-refractivity contribution is 5.78. The minimum atomic E-state index is -0.0266. The molecule has 0 spiro atoms. The maximum absolute atomic E-state index is 12.3. The van der Waals surface area contributed by atoms with Gasteiger partial charge < -0.3 is 20.3 Å². The highest BCUT2D eigenvalue weighted by Crippen LogP contribution is 2.23. The summed E-state index contributed by atoms with van der Waals surface area (Å²) in [7, 11) is 0. The summed E-state index contributed by atoms with van der Waals surface area (Å²) in [6, 6.07) is 16.8. The van der Waals surface area contributed by atoms with E-state index >= 15 is 0 Å². The van der Waals surface area contributed by atoms with E-state index in [4.69, 9.17) is 10.5 Å². The molecule has 0 bridgehead atoms. The summed E-state index contributed by atoms with van der Waals surface area (Å²) in [5.74, 6) is 0.663. The minimum absolute atomic E-state index is 0.0266. The fourth-order valence-corrected chi connectivity index (χ4v) is 2.87. The fourth-order valence-electron chi connectivity index (χ4n) is 2.87. The summed E-state index contributed by atoms with van der Waals surface area (Å²) in [4.78, 5) is 16.2. The number of nitriles is 1. The van der Waals surface area contributed by atoms with Gasteiger partial charge in [0.15, 0.2) is 6.61 Å². The topological polar surface area (TPSA) is 82.6 Å². The predicted molar refractivity (Wildman–Crippen MR) is 96.3 cm³/mol. The number of hydrogen-bond acceptors (Lipinski definition) is 5. The first-order valence-electron chi connectivity index (χ1n) is 8.17. The molecule has 6 heteroatoms. The molecule has 128 valence electrons. The lowest BCUT2D eigenvalue weighted by molar-refractivity contribution is -0.133. The predicted octanol–water partition coefficient (Wildman–Crippen LogP) is 1.87. The average Bonchev–Trinajstić information content (AvgIpc) is 2.67. The van der Waals surface area contributed by atoms with Crippen molar-refractivity contribution in [1.82, 2.24) is 4.90 Å². The molecule has 0 atom stereocenters. The molecule has 0 aromatic heterocycles. The van der Waals surface area contributed by atoms with Gasteiger partial charge >= 0.3 is 0 Å². The molecule has 1 fully saturated rings. The van der Waals surface area contributed by atoms with E-state index in [9.17, 15) is 10.1 Å². The molecular weight excluding hydrogens is 316 g/mol. The van der Waals surface area contributed by atoms with E-state index in [1.807, 2.05) is 36.4 Å². The lowest BCUT2D eigenvalue weighted by Crippen LogP contribution is -2.50. The molecule has 0 aliphatic carbocycles. The molecule has 1 amide bonds. The molecule has 25 heavy (non-hydrogen) atoms. The number of nitrogens with two attached hydrogens (primary N) is 1. The van der Waals surface area contributed by atoms with E-state index in [1.54, 1.807) is 17.0 Å². The van der Waals surface area contributed by atoms with Gasteiger partial charge in [-0.3, -0.25) is 4.79 Å². The summed E-state index contributed by atoms with van der Waals surface area (Å²) in [6.07, 6.45) is 0. The largest absolute Gasteiger partial charge is 0.484 e. The molecule has 1 aliphatic rings. The SMILES string of the molecule is N#Cc1cc(N)ccc1N1CCN(C(=O)COc2ccccc2)CC1. The van der Waals surface area contributed by atoms with E-state index in [0.717, 1.165) is 5.69 Å². The van der Waals surface area contributed by atoms with Gasteiger partial charge in [-0.05, 0) is 30.3 Å². The van der Waals surface area contributed by atoms with Crippen molar-refractivity contribution in [3.05, 3.63) is 54.1 Å². The van der Waals surface area contributed by atoms with Crippen LogP contribution in [0.2, 0.25) is 0 Å². The maximum Gasteiger partial charge on any atom is 0.260 e. The molecule has 2 aromatic rings. The Bertz CT molecular complexity index is 778. The Morgan fingerprint density at radius 1 is 1.12 bits per heavy atom. The average molecular weight is 336 g/mol. The summed E-state index contributed by atoms with van der Waals surface area (Å²) < 4.78 is 5.52. The standard InChI is InChI=1S/C19H20N4O2/c20-13-15-12-16(21)6-7-18(15)22-8-10-23(11-9-22)19(24)14-25-17-4-2-1-3-5-17/h1-7,12H,8-11,14,21H2. The van der Waals surface area contributed by atoms with Crippen LogP contribution in [0.5, 0.6) is 5.75 Å². The third-order valence-electron chi connectivity index (χ3n) is 4.22. The normalized spacial score (nSPS) is 14.0. The molecule has 1 saturated heterocycles. The number of carbonyl (C=O) groups excluding carboxylic acids is 1. The Morgan fingerprint density at radius 2 is 1.84 bits per heavy atom. The van der Waals surface area contributed by atoms with Crippen molar-refractivity contribution in [1.29, 1.82) is 5.26 Å². The van der Waals surface area contributed by atoms with Crippen LogP contribution in [0.25, 0.3) is 0 Å². The zero-order chi connectivity index (χ0) is 17.6. The van der Waals surface area contributed by atoms with Gasteiger partial charge in [-0.2, -0.15) is 5.26 Å². The highest BCUT2D eigenvalue weighted by Gasteiger charge is 2.23. The van der Waals surface area contributed by atoms with Gasteiger partial charge in [0.1, 0.15) is 11.8 Å². The summed E-state index contributed by atoms with van der Waals surface area (Å²) >= 11 is 0. The number of ether oxygens (including phenoxy) is 1. The van der Waals surface area contributed by atoms with Gasteiger partial charge in [-0.1, -0.05) is 18.2 Å². The van der Waals surface area contributed by atoms with E-state index in [-0.39, 0.29) is 12.5 Å². The Morgan fingerprint density at radius 3 is 2.52 bits per heavy atom. The second kappa shape index (κ2) is 7.58. The van der Waals surface area contributed by atoms with Crippen LogP contribution in [-0.4, -0.2) is 43.6 Å². The smallest absolute Gasteiger partial charge is 0.260 e. The number of rotatable bonds is 4. The first kappa shape index (κ1) is 16.7. The van der Waals surface area contributed by atoms with Crippen LogP contribution in [0.3, 0.4) is 0 Å². The molecule has 0 radical (unpaired) electrons. The number of amides is 1. The molecule has 3 rings (SSSR count). The van der Waals surface area contributed by atoms with Gasteiger partial charge in [-0.15, -0.1) is 0 Å². The van der Waals surface area contributed by atoms with E-state index in [2.05, 4.69) is 11.0 Å². The van der Waals surface area contributed by atoms with Crippen LogP contribution < -0.4 is 15.4 Å². The van der Waals surface area contributed by atoms with Crippen molar-refractivity contribution < 1.29 is 9.53 Å². The zero-order valence-corrected chi connectivity index (χ0v) is 13.9. The first-order chi connectivity index (χ1) is 12.2. The van der Waals surface area contributed by atoms with Gasteiger partial charge in [0.2, 0.25) is 0 Å². The maximum atomic E-state index is 12.3. The molecule has 2 aromatic carbocycles. The van der Waals surface area contributed by atoms with E-state index in [0.29, 0.717) is 43.2 Å². The van der Waals surface area contributed by atoms with Crippen molar-refractivity contribution in [3.63, 3.8) is 0 Å².